The van der Waals surface area contributed by atoms with Gasteiger partial charge in [0.05, 0.1) is 25.4 Å². The number of hydrogen-bond donors (Lipinski definition) is 0. The van der Waals surface area contributed by atoms with Gasteiger partial charge in [-0.1, -0.05) is 124 Å². The molecule has 4 aliphatic carbocycles. The van der Waals surface area contributed by atoms with Crippen LogP contribution in [0.3, 0.4) is 0 Å². The first-order chi connectivity index (χ1) is 24.6. The fraction of sp³-hybridized carbons (Fsp3) is 0.957. The van der Waals surface area contributed by atoms with Crippen molar-refractivity contribution in [3.8, 4) is 0 Å². The molecule has 0 aromatic heterocycles. The van der Waals surface area contributed by atoms with Crippen molar-refractivity contribution < 1.29 is 14.2 Å². The monoisotopic (exact) mass is 714 g/mol. The van der Waals surface area contributed by atoms with Gasteiger partial charge in [0.15, 0.2) is 0 Å². The zero-order valence-electron chi connectivity index (χ0n) is 35.5. The molecule has 4 heteroatoms. The molecule has 298 valence electrons. The van der Waals surface area contributed by atoms with Crippen molar-refractivity contribution in [3.63, 3.8) is 0 Å². The van der Waals surface area contributed by atoms with E-state index in [2.05, 4.69) is 66.6 Å². The van der Waals surface area contributed by atoms with E-state index in [9.17, 15) is 0 Å². The van der Waals surface area contributed by atoms with Crippen LogP contribution in [0, 0.1) is 46.3 Å². The van der Waals surface area contributed by atoms with Crippen LogP contribution in [0.4, 0.5) is 0 Å². The highest BCUT2D eigenvalue weighted by Gasteiger charge is 2.59. The number of likely N-dealkylation sites (N-methyl/N-ethyl adjacent to an activating group) is 1. The highest BCUT2D eigenvalue weighted by Crippen LogP contribution is 2.67. The van der Waals surface area contributed by atoms with Crippen LogP contribution >= 0.6 is 0 Å². The molecule has 0 N–H and O–H groups in total. The van der Waals surface area contributed by atoms with E-state index in [0.29, 0.717) is 23.0 Å². The lowest BCUT2D eigenvalue weighted by Crippen LogP contribution is -2.51. The van der Waals surface area contributed by atoms with Crippen LogP contribution in [0.2, 0.25) is 0 Å². The summed E-state index contributed by atoms with van der Waals surface area (Å²) >= 11 is 0. The van der Waals surface area contributed by atoms with Gasteiger partial charge in [-0.3, -0.25) is 0 Å². The van der Waals surface area contributed by atoms with Gasteiger partial charge in [-0.25, -0.2) is 0 Å². The summed E-state index contributed by atoms with van der Waals surface area (Å²) < 4.78 is 18.6. The Balaban J connectivity index is 1.06. The molecule has 3 fully saturated rings. The smallest absolute Gasteiger partial charge is 0.0644 e. The fourth-order valence-electron chi connectivity index (χ4n) is 11.7. The zero-order chi connectivity index (χ0) is 36.7. The quantitative estimate of drug-likeness (QED) is 0.0659. The average molecular weight is 714 g/mol. The molecule has 4 nitrogen and oxygen atoms in total. The highest BCUT2D eigenvalue weighted by molar-refractivity contribution is 5.25. The van der Waals surface area contributed by atoms with E-state index in [0.717, 1.165) is 68.5 Å². The van der Waals surface area contributed by atoms with Crippen molar-refractivity contribution in [1.82, 2.24) is 4.90 Å². The lowest BCUT2D eigenvalue weighted by atomic mass is 9.47. The van der Waals surface area contributed by atoms with Crippen molar-refractivity contribution in [2.75, 3.05) is 47.1 Å². The second-order valence-electron chi connectivity index (χ2n) is 19.3. The minimum Gasteiger partial charge on any atom is -0.380 e. The van der Waals surface area contributed by atoms with Gasteiger partial charge in [0.1, 0.15) is 0 Å². The Labute approximate surface area is 318 Å². The van der Waals surface area contributed by atoms with Crippen LogP contribution in [0.1, 0.15) is 183 Å². The number of hydrogen-bond acceptors (Lipinski definition) is 4. The molecule has 0 aliphatic heterocycles. The molecule has 0 aromatic carbocycles. The minimum absolute atomic E-state index is 0.353. The normalized spacial score (nSPS) is 31.7. The standard InChI is InChI=1S/C47H87NO3/c1-9-10-11-14-17-31-49-35-40(48(7)8)36-50-32-18-15-12-13-16-19-33-51-41-27-29-46(5)39(34-41)23-24-42-44-26-25-43(38(4)22-20-21-37(2)3)47(44,6)30-28-45(42)46/h23,37-38,40-45H,9-22,24-36H2,1-8H3/t38?,40?,41-,42-,43+,44-,45-,46-,47+/m0/s1. The summed E-state index contributed by atoms with van der Waals surface area (Å²) in [6, 6.07) is 0.353. The third-order valence-corrected chi connectivity index (χ3v) is 15.0. The SMILES string of the molecule is CCCCCCCOCC(COCCCCCCCCO[C@H]1CC[C@@]2(C)C(=CC[C@H]3[C@@H]4CC[C@H](C(C)CCCC(C)C)[C@@]4(C)CC[C@@H]32)C1)N(C)C. The average Bonchev–Trinajstić information content (AvgIpc) is 3.46. The molecule has 4 aliphatic rings. The number of ether oxygens (including phenoxy) is 3. The van der Waals surface area contributed by atoms with Crippen LogP contribution in [-0.4, -0.2) is 64.2 Å². The Bertz CT molecular complexity index is 979. The van der Waals surface area contributed by atoms with Crippen molar-refractivity contribution in [1.29, 1.82) is 0 Å². The number of rotatable bonds is 26. The predicted molar refractivity (Wildman–Crippen MR) is 218 cm³/mol. The van der Waals surface area contributed by atoms with Gasteiger partial charge >= 0.3 is 0 Å². The van der Waals surface area contributed by atoms with Crippen LogP contribution in [0.15, 0.2) is 11.6 Å². The molecule has 0 spiro atoms. The van der Waals surface area contributed by atoms with Crippen LogP contribution in [0.5, 0.6) is 0 Å². The van der Waals surface area contributed by atoms with Crippen molar-refractivity contribution in [2.24, 2.45) is 46.3 Å². The molecule has 0 bridgehead atoms. The van der Waals surface area contributed by atoms with E-state index >= 15 is 0 Å². The summed E-state index contributed by atoms with van der Waals surface area (Å²) in [4.78, 5) is 2.25. The maximum Gasteiger partial charge on any atom is 0.0644 e. The third-order valence-electron chi connectivity index (χ3n) is 15.0. The van der Waals surface area contributed by atoms with Gasteiger partial charge in [-0.05, 0) is 131 Å². The molecule has 3 saturated carbocycles. The molecule has 0 saturated heterocycles. The summed E-state index contributed by atoms with van der Waals surface area (Å²) in [6.45, 7) is 19.3. The minimum atomic E-state index is 0.353. The summed E-state index contributed by atoms with van der Waals surface area (Å²) in [6.07, 6.45) is 32.7. The molecule has 0 radical (unpaired) electrons. The van der Waals surface area contributed by atoms with Crippen LogP contribution in [-0.2, 0) is 14.2 Å². The summed E-state index contributed by atoms with van der Waals surface area (Å²) in [5, 5.41) is 0. The lowest BCUT2D eigenvalue weighted by molar-refractivity contribution is -0.0641. The van der Waals surface area contributed by atoms with Crippen LogP contribution < -0.4 is 0 Å². The number of fused-ring (bicyclic) bond motifs is 5. The van der Waals surface area contributed by atoms with Gasteiger partial charge in [0.25, 0.3) is 0 Å². The largest absolute Gasteiger partial charge is 0.380 e. The maximum atomic E-state index is 6.57. The maximum absolute atomic E-state index is 6.57. The number of nitrogens with zero attached hydrogens (tertiary/aromatic N) is 1. The molecule has 0 heterocycles. The molecule has 9 atom stereocenters. The Kier molecular flexibility index (Phi) is 18.9. The Morgan fingerprint density at radius 3 is 2.02 bits per heavy atom. The third kappa shape index (κ3) is 12.5. The zero-order valence-corrected chi connectivity index (χ0v) is 35.5. The molecule has 0 aromatic rings. The predicted octanol–water partition coefficient (Wildman–Crippen LogP) is 12.7. The van der Waals surface area contributed by atoms with Gasteiger partial charge in [-0.15, -0.1) is 0 Å². The van der Waals surface area contributed by atoms with E-state index in [1.807, 2.05) is 0 Å². The van der Waals surface area contributed by atoms with Gasteiger partial charge in [0, 0.05) is 19.8 Å². The molecule has 2 unspecified atom stereocenters. The first-order valence-corrected chi connectivity index (χ1v) is 22.7. The summed E-state index contributed by atoms with van der Waals surface area (Å²) in [5.41, 5.74) is 2.81. The van der Waals surface area contributed by atoms with Crippen molar-refractivity contribution in [2.45, 2.75) is 195 Å². The topological polar surface area (TPSA) is 30.9 Å². The van der Waals surface area contributed by atoms with E-state index < -0.39 is 0 Å². The number of allylic oxidation sites excluding steroid dienone is 1. The molecular weight excluding hydrogens is 627 g/mol. The van der Waals surface area contributed by atoms with Gasteiger partial charge < -0.3 is 19.1 Å². The van der Waals surface area contributed by atoms with E-state index in [4.69, 9.17) is 14.2 Å². The second-order valence-corrected chi connectivity index (χ2v) is 19.3. The summed E-state index contributed by atoms with van der Waals surface area (Å²) in [7, 11) is 4.28. The number of unbranched alkanes of at least 4 members (excludes halogenated alkanes) is 9. The first-order valence-electron chi connectivity index (χ1n) is 22.7. The summed E-state index contributed by atoms with van der Waals surface area (Å²) in [5.74, 6) is 5.51. The second kappa shape index (κ2) is 22.2. The molecular formula is C47H87NO3. The Hall–Kier alpha value is -0.420. The Morgan fingerprint density at radius 2 is 1.37 bits per heavy atom. The fourth-order valence-corrected chi connectivity index (χ4v) is 11.7. The van der Waals surface area contributed by atoms with Crippen molar-refractivity contribution in [3.05, 3.63) is 11.6 Å². The van der Waals surface area contributed by atoms with Crippen molar-refractivity contribution >= 4 is 0 Å². The van der Waals surface area contributed by atoms with Gasteiger partial charge in [-0.2, -0.15) is 0 Å². The first kappa shape index (κ1) is 43.3. The van der Waals surface area contributed by atoms with Gasteiger partial charge in [0.2, 0.25) is 0 Å². The molecule has 4 rings (SSSR count). The Morgan fingerprint density at radius 1 is 0.725 bits per heavy atom. The lowest BCUT2D eigenvalue weighted by Gasteiger charge is -2.58. The highest BCUT2D eigenvalue weighted by atomic mass is 16.5. The molecule has 51 heavy (non-hydrogen) atoms. The van der Waals surface area contributed by atoms with E-state index in [1.165, 1.54) is 141 Å². The van der Waals surface area contributed by atoms with E-state index in [1.54, 1.807) is 5.57 Å². The molecule has 0 amide bonds. The van der Waals surface area contributed by atoms with Crippen LogP contribution in [0.25, 0.3) is 0 Å². The van der Waals surface area contributed by atoms with E-state index in [-0.39, 0.29) is 0 Å².